The van der Waals surface area contributed by atoms with Gasteiger partial charge in [-0.3, -0.25) is 72.5 Å². The number of aliphatic hydroxyl groups excluding tert-OH is 2. The number of ether oxygens (including phenoxy) is 2. The number of benzene rings is 1. The van der Waals surface area contributed by atoms with E-state index in [0.29, 0.717) is 11.8 Å². The van der Waals surface area contributed by atoms with Gasteiger partial charge in [0.25, 0.3) is 0 Å². The average molecular weight is 1500 g/mol. The Labute approximate surface area is 592 Å². The minimum atomic E-state index is -2.30. The first kappa shape index (κ1) is 82.7. The SMILES string of the molecule is CCC(C)[C@@H]1NC(=O)CNC(=O)[C@@H]2Cc3c([nH]c4cc(O)ccc34)SC[C@@H](NC(=O)CNC1=O)C(=O)N[C@@H](CC(N)=O)C(=O)N1C[C@H](O)C[C@H]1C(=O)N[C@@H]([C@@H](O)COC(=O)OCCSSC[C@H](NC(=O)[C@H](CC(=O)O)NC(=O)[C@H](CC(=O)O)NC(=O)[C@H](CCCNC(=N)N)NC)C(=O)O)C(=O)N2. The maximum absolute atomic E-state index is 14.8. The minimum absolute atomic E-state index is 0.112. The second-order valence-electron chi connectivity index (χ2n) is 23.5. The van der Waals surface area contributed by atoms with Crippen molar-refractivity contribution in [1.29, 1.82) is 5.41 Å². The largest absolute Gasteiger partial charge is 0.508 e. The highest BCUT2D eigenvalue weighted by Crippen LogP contribution is 2.34. The van der Waals surface area contributed by atoms with Crippen LogP contribution in [0.4, 0.5) is 4.79 Å². The van der Waals surface area contributed by atoms with Crippen molar-refractivity contribution in [2.24, 2.45) is 17.4 Å². The number of carboxylic acid groups (broad SMARTS) is 3. The van der Waals surface area contributed by atoms with Gasteiger partial charge in [0.05, 0.1) is 55.0 Å². The molecule has 12 amide bonds. The molecule has 2 bridgehead atoms. The molecule has 0 saturated carbocycles. The number of aromatic nitrogens is 1. The second-order valence-corrected chi connectivity index (χ2v) is 27.1. The number of hydrogen-bond acceptors (Lipinski definition) is 26. The molecule has 41 nitrogen and oxygen atoms in total. The summed E-state index contributed by atoms with van der Waals surface area (Å²) in [6.45, 7) is -0.426. The zero-order valence-electron chi connectivity index (χ0n) is 55.1. The quantitative estimate of drug-likeness (QED) is 0.0118. The molecule has 5 rings (SSSR count). The van der Waals surface area contributed by atoms with Crippen molar-refractivity contribution >= 4 is 145 Å². The number of guanidine groups is 1. The number of aliphatic carboxylic acids is 3. The van der Waals surface area contributed by atoms with Gasteiger partial charge in [0.15, 0.2) is 5.96 Å². The third kappa shape index (κ3) is 25.6. The predicted octanol–water partition coefficient (Wildman–Crippen LogP) is -7.69. The number of rotatable bonds is 29. The van der Waals surface area contributed by atoms with E-state index in [0.717, 1.165) is 38.2 Å². The summed E-state index contributed by atoms with van der Waals surface area (Å²) < 4.78 is 10.2. The first-order valence-electron chi connectivity index (χ1n) is 31.5. The molecule has 13 atom stereocenters. The zero-order chi connectivity index (χ0) is 75.7. The van der Waals surface area contributed by atoms with Gasteiger partial charge in [-0.2, -0.15) is 0 Å². The Bertz CT molecular complexity index is 3480. The third-order valence-electron chi connectivity index (χ3n) is 15.8. The number of phenols is 1. The number of aromatic amines is 1. The summed E-state index contributed by atoms with van der Waals surface area (Å²) in [7, 11) is 3.04. The molecule has 2 aromatic rings. The molecule has 1 fully saturated rings. The highest BCUT2D eigenvalue weighted by atomic mass is 33.1. The number of H-pyrrole nitrogens is 1. The molecule has 102 heavy (non-hydrogen) atoms. The molecule has 4 heterocycles. The average Bonchev–Trinajstić information content (AvgIpc) is 1.64. The van der Waals surface area contributed by atoms with Gasteiger partial charge < -0.3 is 125 Å². The molecule has 3 aliphatic heterocycles. The Balaban J connectivity index is 1.36. The van der Waals surface area contributed by atoms with Crippen molar-refractivity contribution < 1.29 is 117 Å². The lowest BCUT2D eigenvalue weighted by molar-refractivity contribution is -0.144. The topological polar surface area (TPSA) is 652 Å². The number of amides is 12. The van der Waals surface area contributed by atoms with Crippen LogP contribution in [0.1, 0.15) is 64.4 Å². The highest BCUT2D eigenvalue weighted by molar-refractivity contribution is 8.76. The van der Waals surface area contributed by atoms with E-state index in [-0.39, 0.29) is 53.0 Å². The molecule has 24 N–H and O–H groups in total. The molecule has 44 heteroatoms. The van der Waals surface area contributed by atoms with E-state index in [9.17, 15) is 107 Å². The summed E-state index contributed by atoms with van der Waals surface area (Å²) in [5.41, 5.74) is 11.2. The van der Waals surface area contributed by atoms with Crippen LogP contribution in [0.15, 0.2) is 23.2 Å². The van der Waals surface area contributed by atoms with Crippen LogP contribution in [0.25, 0.3) is 10.9 Å². The number of carbonyl (C=O) groups excluding carboxylic acids is 13. The summed E-state index contributed by atoms with van der Waals surface area (Å²) in [6.07, 6.45) is -8.77. The molecule has 0 radical (unpaired) electrons. The van der Waals surface area contributed by atoms with Crippen LogP contribution in [0.3, 0.4) is 0 Å². The van der Waals surface area contributed by atoms with Crippen molar-refractivity contribution in [3.63, 3.8) is 0 Å². The molecule has 1 aromatic carbocycles. The Morgan fingerprint density at radius 1 is 0.765 bits per heavy atom. The monoisotopic (exact) mass is 1500 g/mol. The number of nitrogens with one attached hydrogen (secondary N) is 14. The number of primary amides is 1. The number of aromatic hydroxyl groups is 1. The number of aliphatic hydroxyl groups is 2. The normalized spacial score (nSPS) is 22.0. The van der Waals surface area contributed by atoms with Gasteiger partial charge in [0, 0.05) is 54.6 Å². The number of hydrogen-bond donors (Lipinski definition) is 22. The number of nitrogens with zero attached hydrogens (tertiary/aromatic N) is 1. The van der Waals surface area contributed by atoms with Crippen molar-refractivity contribution in [1.82, 2.24) is 73.7 Å². The smallest absolute Gasteiger partial charge is 0.508 e. The second kappa shape index (κ2) is 39.9. The molecule has 3 aliphatic rings. The molecular weight excluding hydrogens is 1410 g/mol. The van der Waals surface area contributed by atoms with E-state index in [4.69, 9.17) is 26.4 Å². The number of likely N-dealkylation sites (N-methyl/N-ethyl adjacent to an activating group) is 1. The van der Waals surface area contributed by atoms with E-state index in [1.54, 1.807) is 13.8 Å². The molecule has 0 aliphatic carbocycles. The summed E-state index contributed by atoms with van der Waals surface area (Å²) >= 11 is 0.844. The number of thioether (sulfide) groups is 1. The minimum Gasteiger partial charge on any atom is -0.508 e. The Morgan fingerprint density at radius 2 is 1.39 bits per heavy atom. The van der Waals surface area contributed by atoms with Crippen LogP contribution < -0.4 is 75.3 Å². The van der Waals surface area contributed by atoms with Crippen LogP contribution in [0.2, 0.25) is 0 Å². The van der Waals surface area contributed by atoms with Crippen LogP contribution >= 0.6 is 33.3 Å². The lowest BCUT2D eigenvalue weighted by atomic mass is 9.98. The zero-order valence-corrected chi connectivity index (χ0v) is 57.6. The van der Waals surface area contributed by atoms with E-state index in [1.165, 1.54) is 25.2 Å². The van der Waals surface area contributed by atoms with Crippen molar-refractivity contribution in [3.8, 4) is 5.75 Å². The fourth-order valence-electron chi connectivity index (χ4n) is 10.4. The van der Waals surface area contributed by atoms with Crippen molar-refractivity contribution in [2.75, 3.05) is 63.7 Å². The number of carbonyl (C=O) groups is 16. The Kier molecular flexibility index (Phi) is 32.4. The lowest BCUT2D eigenvalue weighted by Gasteiger charge is -2.31. The molecular formula is C58H83N17O24S3. The molecule has 562 valence electrons. The third-order valence-corrected chi connectivity index (χ3v) is 19.3. The predicted molar refractivity (Wildman–Crippen MR) is 358 cm³/mol. The maximum Gasteiger partial charge on any atom is 0.508 e. The standard InChI is InChI=1S/C58H83N17O24S3/c1-4-24(2)44-52(92)65-18-40(80)66-35-22-100-54-28(27-8-7-25(76)12-30(27)72-54)14-31(46(86)64-19-41(81)73-44)69-53(93)45(74-51(91)37-13-26(77)20-75(37)55(94)34(15-39(59)79)70-50(35)90)38(78)21-99-58(97)98-10-11-101-102-23-36(56(95)96)71-49(89)33(17-43(84)85)68-48(88)32(16-42(82)83)67-47(87)29(62-3)6-5-9-63-57(60)61/h7-8,12,24,26,29,31-38,44-45,62,72,76-78H,4-6,9-11,13-23H2,1-3H3,(H2,59,79)(H,64,86)(H,65,92)(H,66,80)(H,67,87)(H,68,88)(H,69,93)(H,70,90)(H,71,89)(H,73,81)(H,74,91)(H,82,83)(H,84,85)(H,95,96)(H4,60,61,63)/t24?,26-,29+,31+,32+,33+,34+,35-,36+,37+,38+,44+,45+/m1/s1. The van der Waals surface area contributed by atoms with Gasteiger partial charge in [-0.05, 0) is 43.5 Å². The van der Waals surface area contributed by atoms with Gasteiger partial charge in [0.1, 0.15) is 79.4 Å². The Hall–Kier alpha value is -9.92. The van der Waals surface area contributed by atoms with E-state index < -0.39 is 250 Å². The van der Waals surface area contributed by atoms with Gasteiger partial charge >= 0.3 is 24.1 Å². The highest BCUT2D eigenvalue weighted by Gasteiger charge is 2.45. The molecule has 1 aromatic heterocycles. The van der Waals surface area contributed by atoms with Gasteiger partial charge in [0.2, 0.25) is 70.9 Å². The molecule has 1 saturated heterocycles. The number of phenolic OH excluding ortho intramolecular Hbond substituents is 1. The fraction of sp³-hybridized carbons (Fsp3) is 0.569. The maximum atomic E-state index is 14.8. The number of carboxylic acids is 3. The fourth-order valence-corrected chi connectivity index (χ4v) is 13.5. The first-order chi connectivity index (χ1) is 48.2. The number of fused-ring (bicyclic) bond motifs is 5. The van der Waals surface area contributed by atoms with Crippen LogP contribution in [-0.2, 0) is 87.8 Å². The van der Waals surface area contributed by atoms with Gasteiger partial charge in [-0.15, -0.1) is 11.8 Å². The van der Waals surface area contributed by atoms with E-state index >= 15 is 0 Å². The van der Waals surface area contributed by atoms with Crippen LogP contribution in [0.5, 0.6) is 5.75 Å². The van der Waals surface area contributed by atoms with Crippen LogP contribution in [-0.4, -0.2) is 278 Å². The summed E-state index contributed by atoms with van der Waals surface area (Å²) in [5.74, 6) is -20.5. The van der Waals surface area contributed by atoms with Gasteiger partial charge in [-0.1, -0.05) is 41.9 Å². The van der Waals surface area contributed by atoms with E-state index in [2.05, 4.69) is 63.5 Å². The summed E-state index contributed by atoms with van der Waals surface area (Å²) in [6, 6.07) is -13.4. The van der Waals surface area contributed by atoms with E-state index in [1.807, 2.05) is 5.32 Å². The lowest BCUT2D eigenvalue weighted by Crippen LogP contribution is -2.62. The van der Waals surface area contributed by atoms with Crippen molar-refractivity contribution in [3.05, 3.63) is 23.8 Å². The van der Waals surface area contributed by atoms with Gasteiger partial charge in [-0.25, -0.2) is 9.59 Å². The number of nitrogens with two attached hydrogens (primary N) is 2. The Morgan fingerprint density at radius 3 is 2.00 bits per heavy atom. The van der Waals surface area contributed by atoms with Crippen molar-refractivity contribution in [2.45, 2.75) is 143 Å². The first-order valence-corrected chi connectivity index (χ1v) is 35.0. The molecule has 0 spiro atoms. The summed E-state index contributed by atoms with van der Waals surface area (Å²) in [5, 5.41) is 98.5. The van der Waals surface area contributed by atoms with Crippen LogP contribution in [0, 0.1) is 11.3 Å². The molecule has 1 unspecified atom stereocenters. The summed E-state index contributed by atoms with van der Waals surface area (Å²) in [4.78, 5) is 219.